The Bertz CT molecular complexity index is 712. The second-order valence-electron chi connectivity index (χ2n) is 5.30. The summed E-state index contributed by atoms with van der Waals surface area (Å²) in [6.45, 7) is 0.392. The molecule has 0 aliphatic rings. The fourth-order valence-electron chi connectivity index (χ4n) is 2.31. The van der Waals surface area contributed by atoms with Crippen LogP contribution in [0, 0.1) is 0 Å². The first-order valence-electron chi connectivity index (χ1n) is 7.77. The minimum Gasteiger partial charge on any atom is -0.493 e. The van der Waals surface area contributed by atoms with Gasteiger partial charge in [0.25, 0.3) is 0 Å². The van der Waals surface area contributed by atoms with Crippen molar-refractivity contribution in [1.82, 2.24) is 9.97 Å². The number of hydrogen-bond acceptors (Lipinski definition) is 8. The Balaban J connectivity index is 2.26. The van der Waals surface area contributed by atoms with Gasteiger partial charge >= 0.3 is 0 Å². The summed E-state index contributed by atoms with van der Waals surface area (Å²) in [4.78, 5) is 18.3. The zero-order valence-corrected chi connectivity index (χ0v) is 14.3. The largest absolute Gasteiger partial charge is 0.493 e. The maximum absolute atomic E-state index is 10.4. The van der Waals surface area contributed by atoms with E-state index < -0.39 is 0 Å². The lowest BCUT2D eigenvalue weighted by molar-refractivity contribution is -0.108. The fourth-order valence-corrected chi connectivity index (χ4v) is 2.31. The number of aldehydes is 1. The summed E-state index contributed by atoms with van der Waals surface area (Å²) in [5.74, 6) is 2.04. The van der Waals surface area contributed by atoms with Crippen LogP contribution in [0.2, 0.25) is 0 Å². The molecular formula is C17H22N4O4. The standard InChI is InChI=1S/C17H22N4O4/c1-23-13-8-11(7-12-10-20-17(19)21-16(12)18)9-14(24-2)15(13)25-6-4-3-5-22/h5,8-10H,3-4,6-7H2,1-2H3,(H4,18,19,20,21). The molecule has 4 N–H and O–H groups in total. The number of methoxy groups -OCH3 is 2. The smallest absolute Gasteiger partial charge is 0.221 e. The third-order valence-electron chi connectivity index (χ3n) is 3.54. The first-order valence-corrected chi connectivity index (χ1v) is 7.77. The van der Waals surface area contributed by atoms with E-state index in [1.807, 2.05) is 12.1 Å². The van der Waals surface area contributed by atoms with Crippen molar-refractivity contribution in [3.63, 3.8) is 0 Å². The van der Waals surface area contributed by atoms with Crippen molar-refractivity contribution in [3.8, 4) is 17.2 Å². The van der Waals surface area contributed by atoms with Crippen molar-refractivity contribution in [2.24, 2.45) is 0 Å². The number of carbonyl (C=O) groups excluding carboxylic acids is 1. The van der Waals surface area contributed by atoms with Crippen LogP contribution in [0.25, 0.3) is 0 Å². The highest BCUT2D eigenvalue weighted by Gasteiger charge is 2.15. The number of unbranched alkanes of at least 4 members (excludes halogenated alkanes) is 1. The van der Waals surface area contributed by atoms with E-state index in [0.717, 1.165) is 17.4 Å². The molecule has 0 bridgehead atoms. The summed E-state index contributed by atoms with van der Waals surface area (Å²) < 4.78 is 16.6. The Hall–Kier alpha value is -3.03. The molecule has 0 radical (unpaired) electrons. The van der Waals surface area contributed by atoms with E-state index in [2.05, 4.69) is 9.97 Å². The van der Waals surface area contributed by atoms with Gasteiger partial charge < -0.3 is 30.5 Å². The van der Waals surface area contributed by atoms with Crippen molar-refractivity contribution >= 4 is 18.1 Å². The minimum atomic E-state index is 0.135. The molecule has 0 fully saturated rings. The summed E-state index contributed by atoms with van der Waals surface area (Å²) in [5, 5.41) is 0. The van der Waals surface area contributed by atoms with E-state index in [1.54, 1.807) is 20.4 Å². The van der Waals surface area contributed by atoms with E-state index in [1.165, 1.54) is 0 Å². The lowest BCUT2D eigenvalue weighted by atomic mass is 10.1. The third-order valence-corrected chi connectivity index (χ3v) is 3.54. The van der Waals surface area contributed by atoms with Gasteiger partial charge in [-0.05, 0) is 24.1 Å². The Morgan fingerprint density at radius 2 is 1.84 bits per heavy atom. The van der Waals surface area contributed by atoms with E-state index in [-0.39, 0.29) is 5.95 Å². The number of nitrogens with zero attached hydrogens (tertiary/aromatic N) is 2. The number of nitrogen functional groups attached to an aromatic ring is 2. The highest BCUT2D eigenvalue weighted by atomic mass is 16.5. The maximum Gasteiger partial charge on any atom is 0.221 e. The van der Waals surface area contributed by atoms with Gasteiger partial charge in [0.15, 0.2) is 11.5 Å². The normalized spacial score (nSPS) is 10.3. The molecule has 0 atom stereocenters. The highest BCUT2D eigenvalue weighted by Crippen LogP contribution is 2.39. The molecule has 25 heavy (non-hydrogen) atoms. The summed E-state index contributed by atoms with van der Waals surface area (Å²) >= 11 is 0. The van der Waals surface area contributed by atoms with Crippen molar-refractivity contribution in [3.05, 3.63) is 29.5 Å². The van der Waals surface area contributed by atoms with Crippen LogP contribution >= 0.6 is 0 Å². The summed E-state index contributed by atoms with van der Waals surface area (Å²) in [6.07, 6.45) is 4.01. The van der Waals surface area contributed by atoms with E-state index >= 15 is 0 Å². The van der Waals surface area contributed by atoms with Gasteiger partial charge in [0.2, 0.25) is 11.7 Å². The lowest BCUT2D eigenvalue weighted by Gasteiger charge is -2.16. The van der Waals surface area contributed by atoms with Gasteiger partial charge in [-0.15, -0.1) is 0 Å². The molecule has 134 valence electrons. The third kappa shape index (κ3) is 4.72. The number of ether oxygens (including phenoxy) is 3. The molecule has 0 amide bonds. The molecule has 8 heteroatoms. The van der Waals surface area contributed by atoms with Crippen LogP contribution in [0.4, 0.5) is 11.8 Å². The van der Waals surface area contributed by atoms with Crippen molar-refractivity contribution in [2.45, 2.75) is 19.3 Å². The zero-order chi connectivity index (χ0) is 18.2. The highest BCUT2D eigenvalue weighted by molar-refractivity contribution is 5.55. The molecule has 8 nitrogen and oxygen atoms in total. The predicted octanol–water partition coefficient (Wildman–Crippen LogP) is 1.61. The lowest BCUT2D eigenvalue weighted by Crippen LogP contribution is -2.05. The molecular weight excluding hydrogens is 324 g/mol. The molecule has 2 aromatic rings. The number of anilines is 2. The van der Waals surface area contributed by atoms with Crippen LogP contribution in [0.1, 0.15) is 24.0 Å². The van der Waals surface area contributed by atoms with E-state index in [9.17, 15) is 4.79 Å². The summed E-state index contributed by atoms with van der Waals surface area (Å²) in [7, 11) is 3.11. The van der Waals surface area contributed by atoms with Gasteiger partial charge in [-0.3, -0.25) is 0 Å². The molecule has 0 spiro atoms. The SMILES string of the molecule is COc1cc(Cc2cnc(N)nc2N)cc(OC)c1OCCCC=O. The average Bonchev–Trinajstić information content (AvgIpc) is 2.61. The number of hydrogen-bond donors (Lipinski definition) is 2. The number of carbonyl (C=O) groups is 1. The average molecular weight is 346 g/mol. The van der Waals surface area contributed by atoms with Crippen molar-refractivity contribution < 1.29 is 19.0 Å². The maximum atomic E-state index is 10.4. The molecule has 0 unspecified atom stereocenters. The molecule has 0 saturated heterocycles. The number of benzene rings is 1. The Kier molecular flexibility index (Phi) is 6.39. The Morgan fingerprint density at radius 1 is 1.16 bits per heavy atom. The topological polar surface area (TPSA) is 123 Å². The molecule has 0 aliphatic heterocycles. The van der Waals surface area contributed by atoms with Crippen LogP contribution in [0.3, 0.4) is 0 Å². The molecule has 0 saturated carbocycles. The first-order chi connectivity index (χ1) is 12.1. The molecule has 1 aromatic carbocycles. The second kappa shape index (κ2) is 8.72. The van der Waals surface area contributed by atoms with Gasteiger partial charge in [-0.25, -0.2) is 4.98 Å². The van der Waals surface area contributed by atoms with Gasteiger partial charge in [0.05, 0.1) is 20.8 Å². The Morgan fingerprint density at radius 3 is 2.40 bits per heavy atom. The van der Waals surface area contributed by atoms with Gasteiger partial charge in [-0.1, -0.05) is 0 Å². The van der Waals surface area contributed by atoms with Gasteiger partial charge in [0.1, 0.15) is 12.1 Å². The van der Waals surface area contributed by atoms with Crippen LogP contribution in [0.5, 0.6) is 17.2 Å². The van der Waals surface area contributed by atoms with Crippen LogP contribution in [-0.2, 0) is 11.2 Å². The Labute approximate surface area is 146 Å². The summed E-state index contributed by atoms with van der Waals surface area (Å²) in [5.41, 5.74) is 13.1. The molecule has 0 aliphatic carbocycles. The second-order valence-corrected chi connectivity index (χ2v) is 5.30. The quantitative estimate of drug-likeness (QED) is 0.518. The minimum absolute atomic E-state index is 0.135. The van der Waals surface area contributed by atoms with Gasteiger partial charge in [-0.2, -0.15) is 4.98 Å². The predicted molar refractivity (Wildman–Crippen MR) is 94.0 cm³/mol. The number of aromatic nitrogens is 2. The van der Waals surface area contributed by atoms with E-state index in [4.69, 9.17) is 25.7 Å². The van der Waals surface area contributed by atoms with Gasteiger partial charge in [0, 0.05) is 24.6 Å². The molecule has 2 rings (SSSR count). The monoisotopic (exact) mass is 346 g/mol. The fraction of sp³-hybridized carbons (Fsp3) is 0.353. The van der Waals surface area contributed by atoms with Crippen molar-refractivity contribution in [1.29, 1.82) is 0 Å². The molecule has 1 aromatic heterocycles. The van der Waals surface area contributed by atoms with Crippen LogP contribution in [0.15, 0.2) is 18.3 Å². The number of rotatable bonds is 9. The van der Waals surface area contributed by atoms with Crippen molar-refractivity contribution in [2.75, 3.05) is 32.3 Å². The molecule has 1 heterocycles. The zero-order valence-electron chi connectivity index (χ0n) is 14.3. The van der Waals surface area contributed by atoms with Crippen LogP contribution in [-0.4, -0.2) is 37.1 Å². The summed E-state index contributed by atoms with van der Waals surface area (Å²) in [6, 6.07) is 3.68. The van der Waals surface area contributed by atoms with Crippen LogP contribution < -0.4 is 25.7 Å². The number of nitrogens with two attached hydrogens (primary N) is 2. The van der Waals surface area contributed by atoms with E-state index in [0.29, 0.717) is 48.9 Å². The first kappa shape index (κ1) is 18.3.